The van der Waals surface area contributed by atoms with E-state index in [9.17, 15) is 0 Å². The topological polar surface area (TPSA) is 35.2 Å². The summed E-state index contributed by atoms with van der Waals surface area (Å²) in [7, 11) is 0. The van der Waals surface area contributed by atoms with Gasteiger partial charge in [0.15, 0.2) is 0 Å². The van der Waals surface area contributed by atoms with Crippen LogP contribution in [0.15, 0.2) is 48.5 Å². The van der Waals surface area contributed by atoms with Crippen molar-refractivity contribution in [2.75, 3.05) is 0 Å². The standard InChI is InChI=1S/C13H10ClNOS/c14-10-6-2-4-8-12(10)16-11-7-3-1-5-9(11)13(15)17/h1-8H,(H2,15,17). The fourth-order valence-electron chi connectivity index (χ4n) is 1.41. The van der Waals surface area contributed by atoms with Crippen molar-refractivity contribution >= 4 is 28.8 Å². The highest BCUT2D eigenvalue weighted by atomic mass is 35.5. The number of hydrogen-bond acceptors (Lipinski definition) is 2. The van der Waals surface area contributed by atoms with Gasteiger partial charge in [-0.15, -0.1) is 0 Å². The zero-order valence-electron chi connectivity index (χ0n) is 8.89. The van der Waals surface area contributed by atoms with E-state index < -0.39 is 0 Å². The first kappa shape index (κ1) is 11.9. The van der Waals surface area contributed by atoms with Crippen LogP contribution in [-0.4, -0.2) is 4.99 Å². The van der Waals surface area contributed by atoms with Crippen molar-refractivity contribution in [3.8, 4) is 11.5 Å². The van der Waals surface area contributed by atoms with Gasteiger partial charge in [-0.1, -0.05) is 48.1 Å². The summed E-state index contributed by atoms with van der Waals surface area (Å²) in [5, 5.41) is 0.547. The molecule has 0 aliphatic rings. The largest absolute Gasteiger partial charge is 0.455 e. The molecule has 2 rings (SSSR count). The Kier molecular flexibility index (Phi) is 3.61. The van der Waals surface area contributed by atoms with Gasteiger partial charge in [-0.05, 0) is 24.3 Å². The Bertz CT molecular complexity index is 557. The van der Waals surface area contributed by atoms with Crippen molar-refractivity contribution in [2.24, 2.45) is 5.73 Å². The van der Waals surface area contributed by atoms with Crippen LogP contribution in [0.4, 0.5) is 0 Å². The second-order valence-electron chi connectivity index (χ2n) is 3.39. The molecular formula is C13H10ClNOS. The molecule has 17 heavy (non-hydrogen) atoms. The first-order chi connectivity index (χ1) is 8.18. The highest BCUT2D eigenvalue weighted by Gasteiger charge is 2.08. The van der Waals surface area contributed by atoms with Crippen LogP contribution >= 0.6 is 23.8 Å². The molecule has 0 fully saturated rings. The Labute approximate surface area is 110 Å². The third kappa shape index (κ3) is 2.75. The lowest BCUT2D eigenvalue weighted by Crippen LogP contribution is -2.10. The average Bonchev–Trinajstić information content (AvgIpc) is 2.32. The summed E-state index contributed by atoms with van der Waals surface area (Å²) in [5.74, 6) is 1.19. The van der Waals surface area contributed by atoms with Gasteiger partial charge in [-0.3, -0.25) is 0 Å². The number of hydrogen-bond donors (Lipinski definition) is 1. The van der Waals surface area contributed by atoms with Crippen molar-refractivity contribution in [1.82, 2.24) is 0 Å². The fraction of sp³-hybridized carbons (Fsp3) is 0. The number of ether oxygens (including phenoxy) is 1. The Morgan fingerprint density at radius 2 is 1.59 bits per heavy atom. The van der Waals surface area contributed by atoms with Crippen LogP contribution in [0.5, 0.6) is 11.5 Å². The van der Waals surface area contributed by atoms with Gasteiger partial charge >= 0.3 is 0 Å². The Morgan fingerprint density at radius 3 is 2.24 bits per heavy atom. The summed E-state index contributed by atoms with van der Waals surface area (Å²) in [6, 6.07) is 14.6. The lowest BCUT2D eigenvalue weighted by Gasteiger charge is -2.10. The predicted molar refractivity (Wildman–Crippen MR) is 73.9 cm³/mol. The van der Waals surface area contributed by atoms with Crippen LogP contribution in [0, 0.1) is 0 Å². The average molecular weight is 264 g/mol. The minimum Gasteiger partial charge on any atom is -0.455 e. The van der Waals surface area contributed by atoms with Gasteiger partial charge in [-0.25, -0.2) is 0 Å². The van der Waals surface area contributed by atoms with Gasteiger partial charge in [0.05, 0.1) is 10.6 Å². The van der Waals surface area contributed by atoms with E-state index in [2.05, 4.69) is 0 Å². The van der Waals surface area contributed by atoms with Gasteiger partial charge in [-0.2, -0.15) is 0 Å². The summed E-state index contributed by atoms with van der Waals surface area (Å²) >= 11 is 11.0. The molecule has 4 heteroatoms. The molecule has 0 aromatic heterocycles. The number of para-hydroxylation sites is 2. The maximum atomic E-state index is 6.02. The number of nitrogens with two attached hydrogens (primary N) is 1. The minimum atomic E-state index is 0.299. The highest BCUT2D eigenvalue weighted by molar-refractivity contribution is 7.80. The second-order valence-corrected chi connectivity index (χ2v) is 4.24. The van der Waals surface area contributed by atoms with Gasteiger partial charge in [0.1, 0.15) is 16.5 Å². The predicted octanol–water partition coefficient (Wildman–Crippen LogP) is 3.77. The molecule has 2 aromatic rings. The maximum absolute atomic E-state index is 6.02. The molecule has 2 nitrogen and oxygen atoms in total. The smallest absolute Gasteiger partial charge is 0.146 e. The maximum Gasteiger partial charge on any atom is 0.146 e. The van der Waals surface area contributed by atoms with E-state index in [1.54, 1.807) is 18.2 Å². The van der Waals surface area contributed by atoms with Crippen molar-refractivity contribution < 1.29 is 4.74 Å². The molecule has 2 N–H and O–H groups in total. The molecule has 0 aliphatic carbocycles. The van der Waals surface area contributed by atoms with Crippen LogP contribution in [-0.2, 0) is 0 Å². The zero-order valence-corrected chi connectivity index (χ0v) is 10.5. The second kappa shape index (κ2) is 5.17. The Hall–Kier alpha value is -1.58. The highest BCUT2D eigenvalue weighted by Crippen LogP contribution is 2.30. The molecular weight excluding hydrogens is 254 g/mol. The van der Waals surface area contributed by atoms with Gasteiger partial charge in [0.25, 0.3) is 0 Å². The summed E-state index contributed by atoms with van der Waals surface area (Å²) in [6.45, 7) is 0. The van der Waals surface area contributed by atoms with Crippen molar-refractivity contribution in [1.29, 1.82) is 0 Å². The first-order valence-electron chi connectivity index (χ1n) is 4.99. The van der Waals surface area contributed by atoms with Crippen LogP contribution in [0.3, 0.4) is 0 Å². The molecule has 0 aliphatic heterocycles. The van der Waals surface area contributed by atoms with E-state index in [1.165, 1.54) is 0 Å². The van der Waals surface area contributed by atoms with E-state index in [0.29, 0.717) is 27.1 Å². The fourth-order valence-corrected chi connectivity index (χ4v) is 1.75. The summed E-state index contributed by atoms with van der Waals surface area (Å²) in [6.07, 6.45) is 0. The molecule has 0 saturated carbocycles. The number of rotatable bonds is 3. The molecule has 0 bridgehead atoms. The third-order valence-corrected chi connectivity index (χ3v) is 2.74. The molecule has 0 spiro atoms. The molecule has 0 radical (unpaired) electrons. The summed E-state index contributed by atoms with van der Waals surface area (Å²) in [5.41, 5.74) is 6.32. The number of thiocarbonyl (C=S) groups is 1. The molecule has 0 unspecified atom stereocenters. The summed E-state index contributed by atoms with van der Waals surface area (Å²) < 4.78 is 5.70. The summed E-state index contributed by atoms with van der Waals surface area (Å²) in [4.78, 5) is 0.299. The molecule has 0 amide bonds. The van der Waals surface area contributed by atoms with Crippen LogP contribution in [0.25, 0.3) is 0 Å². The SMILES string of the molecule is NC(=S)c1ccccc1Oc1ccccc1Cl. The van der Waals surface area contributed by atoms with E-state index in [-0.39, 0.29) is 0 Å². The van der Waals surface area contributed by atoms with E-state index in [0.717, 1.165) is 0 Å². The van der Waals surface area contributed by atoms with Crippen molar-refractivity contribution in [3.05, 3.63) is 59.1 Å². The minimum absolute atomic E-state index is 0.299. The van der Waals surface area contributed by atoms with Gasteiger partial charge in [0, 0.05) is 0 Å². The monoisotopic (exact) mass is 263 g/mol. The number of halogens is 1. The molecule has 0 saturated heterocycles. The Morgan fingerprint density at radius 1 is 1.00 bits per heavy atom. The van der Waals surface area contributed by atoms with E-state index in [4.69, 9.17) is 34.3 Å². The molecule has 0 atom stereocenters. The lowest BCUT2D eigenvalue weighted by molar-refractivity contribution is 0.482. The zero-order chi connectivity index (χ0) is 12.3. The van der Waals surface area contributed by atoms with Gasteiger partial charge in [0.2, 0.25) is 0 Å². The molecule has 0 heterocycles. The van der Waals surface area contributed by atoms with Crippen LogP contribution in [0.2, 0.25) is 5.02 Å². The van der Waals surface area contributed by atoms with Crippen LogP contribution < -0.4 is 10.5 Å². The normalized spacial score (nSPS) is 9.94. The lowest BCUT2D eigenvalue weighted by atomic mass is 10.2. The van der Waals surface area contributed by atoms with E-state index >= 15 is 0 Å². The van der Waals surface area contributed by atoms with E-state index in [1.807, 2.05) is 30.3 Å². The van der Waals surface area contributed by atoms with Crippen molar-refractivity contribution in [2.45, 2.75) is 0 Å². The molecule has 86 valence electrons. The van der Waals surface area contributed by atoms with Gasteiger partial charge < -0.3 is 10.5 Å². The molecule has 2 aromatic carbocycles. The quantitative estimate of drug-likeness (QED) is 0.857. The van der Waals surface area contributed by atoms with Crippen molar-refractivity contribution in [3.63, 3.8) is 0 Å². The number of benzene rings is 2. The Balaban J connectivity index is 2.37. The van der Waals surface area contributed by atoms with Crippen LogP contribution in [0.1, 0.15) is 5.56 Å². The third-order valence-electron chi connectivity index (χ3n) is 2.21. The first-order valence-corrected chi connectivity index (χ1v) is 5.78.